The number of nitrogens with zero attached hydrogens (tertiary/aromatic N) is 3. The number of anilines is 1. The molecule has 3 rings (SSSR count). The molecular weight excluding hydrogens is 361 g/mol. The number of nitrogens with one attached hydrogen (secondary N) is 1. The van der Waals surface area contributed by atoms with Gasteiger partial charge >= 0.3 is 0 Å². The van der Waals surface area contributed by atoms with Gasteiger partial charge in [-0.1, -0.05) is 6.42 Å². The summed E-state index contributed by atoms with van der Waals surface area (Å²) in [6.07, 6.45) is 5.03. The second kappa shape index (κ2) is 10.2. The van der Waals surface area contributed by atoms with Crippen LogP contribution < -0.4 is 16.0 Å². The van der Waals surface area contributed by atoms with E-state index in [4.69, 9.17) is 5.73 Å². The molecule has 1 aliphatic carbocycles. The smallest absolute Gasteiger partial charge is 0.251 e. The summed E-state index contributed by atoms with van der Waals surface area (Å²) in [7, 11) is 2.13. The van der Waals surface area contributed by atoms with Crippen molar-refractivity contribution in [1.29, 1.82) is 0 Å². The molecule has 1 aliphatic heterocycles. The van der Waals surface area contributed by atoms with E-state index in [0.29, 0.717) is 18.0 Å². The Hall–Kier alpha value is -1.08. The van der Waals surface area contributed by atoms with Gasteiger partial charge in [0.15, 0.2) is 0 Å². The molecule has 2 atom stereocenters. The lowest BCUT2D eigenvalue weighted by molar-refractivity contribution is 0.0928. The summed E-state index contributed by atoms with van der Waals surface area (Å²) in [6, 6.07) is 3.92. The van der Waals surface area contributed by atoms with Gasteiger partial charge in [0.25, 0.3) is 5.91 Å². The Kier molecular flexibility index (Phi) is 8.93. The zero-order valence-electron chi connectivity index (χ0n) is 14.7. The van der Waals surface area contributed by atoms with Crippen molar-refractivity contribution in [3.05, 3.63) is 23.9 Å². The van der Waals surface area contributed by atoms with Gasteiger partial charge in [0.1, 0.15) is 5.82 Å². The van der Waals surface area contributed by atoms with Crippen LogP contribution in [-0.2, 0) is 0 Å². The molecule has 2 aliphatic rings. The SMILES string of the molecule is CN1CCN(c2cc(C(=O)NC3CCCC3CN)ccn2)CC1.Cl.Cl. The van der Waals surface area contributed by atoms with E-state index >= 15 is 0 Å². The number of nitrogens with two attached hydrogens (primary N) is 1. The first kappa shape index (κ1) is 22.0. The maximum absolute atomic E-state index is 12.5. The quantitative estimate of drug-likeness (QED) is 0.816. The number of aromatic nitrogens is 1. The van der Waals surface area contributed by atoms with Crippen LogP contribution in [0.15, 0.2) is 18.3 Å². The molecule has 25 heavy (non-hydrogen) atoms. The van der Waals surface area contributed by atoms with Crippen molar-refractivity contribution in [2.75, 3.05) is 44.7 Å². The molecule has 2 fully saturated rings. The Morgan fingerprint density at radius 1 is 1.28 bits per heavy atom. The molecule has 2 unspecified atom stereocenters. The van der Waals surface area contributed by atoms with Gasteiger partial charge in [-0.05, 0) is 44.5 Å². The number of likely N-dealkylation sites (N-methyl/N-ethyl adjacent to an activating group) is 1. The third kappa shape index (κ3) is 5.45. The van der Waals surface area contributed by atoms with E-state index < -0.39 is 0 Å². The average molecular weight is 390 g/mol. The molecule has 1 amide bonds. The number of hydrogen-bond donors (Lipinski definition) is 2. The minimum atomic E-state index is -0.00636. The average Bonchev–Trinajstić information content (AvgIpc) is 3.03. The van der Waals surface area contributed by atoms with E-state index in [0.717, 1.165) is 51.3 Å². The second-order valence-electron chi connectivity index (χ2n) is 6.70. The van der Waals surface area contributed by atoms with Gasteiger partial charge in [-0.25, -0.2) is 4.98 Å². The number of carbonyl (C=O) groups excluding carboxylic acids is 1. The highest BCUT2D eigenvalue weighted by atomic mass is 35.5. The Labute approximate surface area is 162 Å². The molecule has 1 saturated carbocycles. The second-order valence-corrected chi connectivity index (χ2v) is 6.70. The van der Waals surface area contributed by atoms with Crippen molar-refractivity contribution < 1.29 is 4.79 Å². The van der Waals surface area contributed by atoms with Crippen LogP contribution in [0.2, 0.25) is 0 Å². The fourth-order valence-electron chi connectivity index (χ4n) is 3.53. The van der Waals surface area contributed by atoms with Crippen LogP contribution in [0, 0.1) is 5.92 Å². The summed E-state index contributed by atoms with van der Waals surface area (Å²) in [6.45, 7) is 4.60. The number of rotatable bonds is 4. The highest BCUT2D eigenvalue weighted by Gasteiger charge is 2.27. The van der Waals surface area contributed by atoms with E-state index in [9.17, 15) is 4.79 Å². The maximum Gasteiger partial charge on any atom is 0.251 e. The highest BCUT2D eigenvalue weighted by Crippen LogP contribution is 2.25. The maximum atomic E-state index is 12.5. The molecule has 1 aromatic heterocycles. The van der Waals surface area contributed by atoms with E-state index in [2.05, 4.69) is 27.1 Å². The van der Waals surface area contributed by atoms with Gasteiger partial charge in [0, 0.05) is 44.0 Å². The van der Waals surface area contributed by atoms with Gasteiger partial charge < -0.3 is 20.9 Å². The van der Waals surface area contributed by atoms with Crippen molar-refractivity contribution in [2.45, 2.75) is 25.3 Å². The van der Waals surface area contributed by atoms with E-state index in [1.807, 2.05) is 6.07 Å². The minimum absolute atomic E-state index is 0. The van der Waals surface area contributed by atoms with Crippen LogP contribution in [0.25, 0.3) is 0 Å². The molecule has 1 saturated heterocycles. The monoisotopic (exact) mass is 389 g/mol. The molecule has 0 aromatic carbocycles. The third-order valence-electron chi connectivity index (χ3n) is 5.11. The Balaban J connectivity index is 0.00000156. The van der Waals surface area contributed by atoms with Gasteiger partial charge in [-0.3, -0.25) is 4.79 Å². The zero-order chi connectivity index (χ0) is 16.2. The van der Waals surface area contributed by atoms with Crippen molar-refractivity contribution in [3.8, 4) is 0 Å². The Morgan fingerprint density at radius 2 is 2.00 bits per heavy atom. The first-order chi connectivity index (χ1) is 11.2. The molecule has 8 heteroatoms. The number of amides is 1. The number of piperazine rings is 1. The highest BCUT2D eigenvalue weighted by molar-refractivity contribution is 5.95. The summed E-state index contributed by atoms with van der Waals surface area (Å²) in [5, 5.41) is 3.16. The standard InChI is InChI=1S/C17H27N5O.2ClH/c1-21-7-9-22(10-8-21)16-11-13(5-6-19-16)17(23)20-15-4-2-3-14(15)12-18;;/h5-6,11,14-15H,2-4,7-10,12,18H2,1H3,(H,20,23);2*1H. The van der Waals surface area contributed by atoms with Crippen LogP contribution in [0.1, 0.15) is 29.6 Å². The molecule has 0 radical (unpaired) electrons. The van der Waals surface area contributed by atoms with Gasteiger partial charge in [0.2, 0.25) is 0 Å². The van der Waals surface area contributed by atoms with E-state index in [1.165, 1.54) is 0 Å². The molecule has 2 heterocycles. The summed E-state index contributed by atoms with van der Waals surface area (Å²) >= 11 is 0. The van der Waals surface area contributed by atoms with Crippen molar-refractivity contribution in [2.24, 2.45) is 11.7 Å². The van der Waals surface area contributed by atoms with Crippen LogP contribution in [0.5, 0.6) is 0 Å². The fraction of sp³-hybridized carbons (Fsp3) is 0.647. The van der Waals surface area contributed by atoms with Crippen LogP contribution >= 0.6 is 24.8 Å². The van der Waals surface area contributed by atoms with E-state index in [-0.39, 0.29) is 36.8 Å². The Bertz CT molecular complexity index is 552. The first-order valence-electron chi connectivity index (χ1n) is 8.58. The lowest BCUT2D eigenvalue weighted by Crippen LogP contribution is -2.45. The Morgan fingerprint density at radius 3 is 2.68 bits per heavy atom. The summed E-state index contributed by atoms with van der Waals surface area (Å²) in [5.74, 6) is 1.30. The first-order valence-corrected chi connectivity index (χ1v) is 8.58. The van der Waals surface area contributed by atoms with Gasteiger partial charge in [-0.2, -0.15) is 0 Å². The molecule has 142 valence electrons. The molecule has 0 spiro atoms. The van der Waals surface area contributed by atoms with Crippen LogP contribution in [-0.4, -0.2) is 61.6 Å². The van der Waals surface area contributed by atoms with Crippen LogP contribution in [0.3, 0.4) is 0 Å². The van der Waals surface area contributed by atoms with Crippen molar-refractivity contribution in [3.63, 3.8) is 0 Å². The topological polar surface area (TPSA) is 74.5 Å². The van der Waals surface area contributed by atoms with E-state index in [1.54, 1.807) is 12.3 Å². The summed E-state index contributed by atoms with van der Waals surface area (Å²) in [4.78, 5) is 21.5. The predicted molar refractivity (Wildman–Crippen MR) is 106 cm³/mol. The molecule has 6 nitrogen and oxygen atoms in total. The van der Waals surface area contributed by atoms with Crippen molar-refractivity contribution in [1.82, 2.24) is 15.2 Å². The lowest BCUT2D eigenvalue weighted by Gasteiger charge is -2.33. The third-order valence-corrected chi connectivity index (χ3v) is 5.11. The number of halogens is 2. The number of pyridine rings is 1. The van der Waals surface area contributed by atoms with Crippen molar-refractivity contribution >= 4 is 36.5 Å². The summed E-state index contributed by atoms with van der Waals surface area (Å²) in [5.41, 5.74) is 6.49. The van der Waals surface area contributed by atoms with Gasteiger partial charge in [-0.15, -0.1) is 24.8 Å². The molecule has 1 aromatic rings. The zero-order valence-corrected chi connectivity index (χ0v) is 16.3. The lowest BCUT2D eigenvalue weighted by atomic mass is 10.0. The number of hydrogen-bond acceptors (Lipinski definition) is 5. The largest absolute Gasteiger partial charge is 0.354 e. The van der Waals surface area contributed by atoms with Gasteiger partial charge in [0.05, 0.1) is 0 Å². The number of carbonyl (C=O) groups is 1. The fourth-order valence-corrected chi connectivity index (χ4v) is 3.53. The van der Waals surface area contributed by atoms with Crippen LogP contribution in [0.4, 0.5) is 5.82 Å². The molecular formula is C17H29Cl2N5O. The predicted octanol–water partition coefficient (Wildman–Crippen LogP) is 1.53. The normalized spacial score (nSPS) is 23.5. The summed E-state index contributed by atoms with van der Waals surface area (Å²) < 4.78 is 0. The molecule has 0 bridgehead atoms. The minimum Gasteiger partial charge on any atom is -0.354 e. The molecule has 3 N–H and O–H groups in total.